The molecular weight excluding hydrogens is 166 g/mol. The van der Waals surface area contributed by atoms with Crippen molar-refractivity contribution in [3.63, 3.8) is 0 Å². The molecule has 1 rings (SSSR count). The number of hydrogen-bond donors (Lipinski definition) is 2. The molecule has 60 valence electrons. The summed E-state index contributed by atoms with van der Waals surface area (Å²) < 4.78 is 0. The number of hydrogen-bond acceptors (Lipinski definition) is 3. The van der Waals surface area contributed by atoms with Crippen molar-refractivity contribution < 1.29 is 10.2 Å². The normalized spacial score (nSPS) is 13.0. The predicted molar refractivity (Wildman–Crippen MR) is 41.3 cm³/mol. The van der Waals surface area contributed by atoms with Crippen LogP contribution in [0.2, 0.25) is 5.02 Å². The molecule has 1 unspecified atom stereocenters. The van der Waals surface area contributed by atoms with Crippen molar-refractivity contribution in [3.05, 3.63) is 29.0 Å². The van der Waals surface area contributed by atoms with Crippen LogP contribution in [0.3, 0.4) is 0 Å². The summed E-state index contributed by atoms with van der Waals surface area (Å²) in [4.78, 5) is 3.74. The van der Waals surface area contributed by atoms with Gasteiger partial charge in [0, 0.05) is 18.0 Å². The van der Waals surface area contributed by atoms with Crippen LogP contribution in [-0.2, 0) is 0 Å². The summed E-state index contributed by atoms with van der Waals surface area (Å²) in [5.41, 5.74) is 0.504. The maximum atomic E-state index is 9.15. The van der Waals surface area contributed by atoms with Crippen molar-refractivity contribution in [3.8, 4) is 0 Å². The van der Waals surface area contributed by atoms with E-state index in [4.69, 9.17) is 21.8 Å². The number of rotatable bonds is 2. The largest absolute Gasteiger partial charge is 0.393 e. The molecule has 1 aromatic rings. The Morgan fingerprint density at radius 1 is 1.64 bits per heavy atom. The molecule has 0 amide bonds. The van der Waals surface area contributed by atoms with Gasteiger partial charge in [-0.05, 0) is 6.07 Å². The lowest BCUT2D eigenvalue weighted by Gasteiger charge is -2.07. The Hall–Kier alpha value is -0.640. The zero-order chi connectivity index (χ0) is 8.27. The van der Waals surface area contributed by atoms with Crippen molar-refractivity contribution in [1.29, 1.82) is 0 Å². The summed E-state index contributed by atoms with van der Waals surface area (Å²) in [5, 5.41) is 18.1. The summed E-state index contributed by atoms with van der Waals surface area (Å²) in [7, 11) is 0. The van der Waals surface area contributed by atoms with Crippen molar-refractivity contribution >= 4 is 11.6 Å². The molecule has 4 heteroatoms. The standard InChI is InChI=1S/C7H8ClNO2/c8-6-3-9-2-1-5(6)7(11)4-10/h1-3,7,10-11H,4H2. The summed E-state index contributed by atoms with van der Waals surface area (Å²) in [5.74, 6) is 0. The Balaban J connectivity index is 2.93. The van der Waals surface area contributed by atoms with E-state index in [1.807, 2.05) is 0 Å². The fourth-order valence-electron chi connectivity index (χ4n) is 0.755. The van der Waals surface area contributed by atoms with Gasteiger partial charge in [-0.15, -0.1) is 0 Å². The molecule has 2 N–H and O–H groups in total. The molecule has 0 fully saturated rings. The molecule has 1 atom stereocenters. The van der Waals surface area contributed by atoms with Gasteiger partial charge < -0.3 is 10.2 Å². The topological polar surface area (TPSA) is 53.4 Å². The Kier molecular flexibility index (Phi) is 2.82. The lowest BCUT2D eigenvalue weighted by molar-refractivity contribution is 0.0956. The summed E-state index contributed by atoms with van der Waals surface area (Å²) in [6.07, 6.45) is 2.03. The Morgan fingerprint density at radius 2 is 2.36 bits per heavy atom. The minimum atomic E-state index is -0.912. The molecular formula is C7H8ClNO2. The second-order valence-corrected chi connectivity index (χ2v) is 2.50. The van der Waals surface area contributed by atoms with Gasteiger partial charge in [0.2, 0.25) is 0 Å². The third-order valence-corrected chi connectivity index (χ3v) is 1.65. The molecule has 0 bridgehead atoms. The van der Waals surface area contributed by atoms with Crippen LogP contribution in [0.1, 0.15) is 11.7 Å². The van der Waals surface area contributed by atoms with Crippen LogP contribution < -0.4 is 0 Å². The molecule has 1 heterocycles. The quantitative estimate of drug-likeness (QED) is 0.695. The zero-order valence-corrected chi connectivity index (χ0v) is 6.49. The van der Waals surface area contributed by atoms with Gasteiger partial charge in [-0.25, -0.2) is 0 Å². The van der Waals surface area contributed by atoms with Crippen LogP contribution in [-0.4, -0.2) is 21.8 Å². The van der Waals surface area contributed by atoms with E-state index in [0.29, 0.717) is 10.6 Å². The third kappa shape index (κ3) is 1.89. The van der Waals surface area contributed by atoms with E-state index in [0.717, 1.165) is 0 Å². The zero-order valence-electron chi connectivity index (χ0n) is 5.74. The lowest BCUT2D eigenvalue weighted by Crippen LogP contribution is -2.02. The van der Waals surface area contributed by atoms with Gasteiger partial charge in [0.05, 0.1) is 11.6 Å². The van der Waals surface area contributed by atoms with Gasteiger partial charge in [0.1, 0.15) is 6.10 Å². The van der Waals surface area contributed by atoms with Gasteiger partial charge in [-0.1, -0.05) is 11.6 Å². The van der Waals surface area contributed by atoms with E-state index in [9.17, 15) is 0 Å². The monoisotopic (exact) mass is 173 g/mol. The minimum Gasteiger partial charge on any atom is -0.393 e. The molecule has 0 radical (unpaired) electrons. The number of aliphatic hydroxyl groups is 2. The molecule has 1 aromatic heterocycles. The number of nitrogens with zero attached hydrogens (tertiary/aromatic N) is 1. The molecule has 3 nitrogen and oxygen atoms in total. The molecule has 0 saturated carbocycles. The second-order valence-electron chi connectivity index (χ2n) is 2.10. The van der Waals surface area contributed by atoms with Crippen LogP contribution in [0.5, 0.6) is 0 Å². The fourth-order valence-corrected chi connectivity index (χ4v) is 1.000. The van der Waals surface area contributed by atoms with Crippen molar-refractivity contribution in [2.75, 3.05) is 6.61 Å². The Bertz CT molecular complexity index is 242. The van der Waals surface area contributed by atoms with Crippen molar-refractivity contribution in [2.45, 2.75) is 6.10 Å². The maximum absolute atomic E-state index is 9.15. The number of aromatic nitrogens is 1. The van der Waals surface area contributed by atoms with Gasteiger partial charge in [0.15, 0.2) is 0 Å². The lowest BCUT2D eigenvalue weighted by atomic mass is 10.2. The average molecular weight is 174 g/mol. The second kappa shape index (κ2) is 3.67. The van der Waals surface area contributed by atoms with E-state index in [-0.39, 0.29) is 6.61 Å². The molecule has 0 aliphatic heterocycles. The SMILES string of the molecule is OCC(O)c1ccncc1Cl. The van der Waals surface area contributed by atoms with Gasteiger partial charge in [-0.2, -0.15) is 0 Å². The van der Waals surface area contributed by atoms with E-state index < -0.39 is 6.10 Å². The van der Waals surface area contributed by atoms with E-state index in [2.05, 4.69) is 4.98 Å². The average Bonchev–Trinajstić information content (AvgIpc) is 2.04. The molecule has 0 spiro atoms. The van der Waals surface area contributed by atoms with E-state index in [1.165, 1.54) is 12.4 Å². The number of aliphatic hydroxyl groups excluding tert-OH is 2. The van der Waals surface area contributed by atoms with Crippen molar-refractivity contribution in [2.24, 2.45) is 0 Å². The van der Waals surface area contributed by atoms with Crippen LogP contribution in [0.4, 0.5) is 0 Å². The molecule has 0 aliphatic carbocycles. The highest BCUT2D eigenvalue weighted by atomic mass is 35.5. The van der Waals surface area contributed by atoms with Crippen molar-refractivity contribution in [1.82, 2.24) is 4.98 Å². The Labute approximate surface area is 69.3 Å². The molecule has 11 heavy (non-hydrogen) atoms. The molecule has 0 aliphatic rings. The maximum Gasteiger partial charge on any atom is 0.104 e. The summed E-state index contributed by atoms with van der Waals surface area (Å²) >= 11 is 5.66. The predicted octanol–water partition coefficient (Wildman–Crippen LogP) is 0.761. The van der Waals surface area contributed by atoms with Gasteiger partial charge in [-0.3, -0.25) is 4.98 Å². The number of pyridine rings is 1. The first-order valence-electron chi connectivity index (χ1n) is 3.14. The van der Waals surface area contributed by atoms with Crippen LogP contribution in [0.15, 0.2) is 18.5 Å². The third-order valence-electron chi connectivity index (χ3n) is 1.34. The highest BCUT2D eigenvalue weighted by Gasteiger charge is 2.08. The summed E-state index contributed by atoms with van der Waals surface area (Å²) in [6, 6.07) is 1.57. The van der Waals surface area contributed by atoms with E-state index in [1.54, 1.807) is 6.07 Å². The first kappa shape index (κ1) is 8.46. The van der Waals surface area contributed by atoms with Crippen LogP contribution in [0, 0.1) is 0 Å². The van der Waals surface area contributed by atoms with E-state index >= 15 is 0 Å². The summed E-state index contributed by atoms with van der Waals surface area (Å²) in [6.45, 7) is -0.330. The van der Waals surface area contributed by atoms with Gasteiger partial charge >= 0.3 is 0 Å². The number of halogens is 1. The molecule has 0 aromatic carbocycles. The van der Waals surface area contributed by atoms with Gasteiger partial charge in [0.25, 0.3) is 0 Å². The fraction of sp³-hybridized carbons (Fsp3) is 0.286. The Morgan fingerprint density at radius 3 is 2.91 bits per heavy atom. The van der Waals surface area contributed by atoms with Crippen LogP contribution in [0.25, 0.3) is 0 Å². The van der Waals surface area contributed by atoms with Crippen LogP contribution >= 0.6 is 11.6 Å². The molecule has 0 saturated heterocycles. The smallest absolute Gasteiger partial charge is 0.104 e. The first-order valence-corrected chi connectivity index (χ1v) is 3.52. The minimum absolute atomic E-state index is 0.330. The highest BCUT2D eigenvalue weighted by molar-refractivity contribution is 6.31. The first-order chi connectivity index (χ1) is 5.25. The highest BCUT2D eigenvalue weighted by Crippen LogP contribution is 2.20.